The number of hydrogen-bond donors (Lipinski definition) is 1. The van der Waals surface area contributed by atoms with Crippen LogP contribution in [0.2, 0.25) is 0 Å². The van der Waals surface area contributed by atoms with Crippen LogP contribution in [-0.2, 0) is 20.7 Å². The van der Waals surface area contributed by atoms with Crippen molar-refractivity contribution < 1.29 is 23.8 Å². The number of nitrogens with zero attached hydrogens (tertiary/aromatic N) is 1. The quantitative estimate of drug-likeness (QED) is 0.516. The minimum absolute atomic E-state index is 0.230. The molecule has 36 heavy (non-hydrogen) atoms. The van der Waals surface area contributed by atoms with Crippen LogP contribution in [0.15, 0.2) is 42.5 Å². The second kappa shape index (κ2) is 8.96. The molecule has 1 aromatic heterocycles. The van der Waals surface area contributed by atoms with Gasteiger partial charge in [-0.1, -0.05) is 30.3 Å². The Balaban J connectivity index is 1.40. The fourth-order valence-corrected chi connectivity index (χ4v) is 6.62. The number of hydrogen-bond acceptors (Lipinski definition) is 6. The lowest BCUT2D eigenvalue weighted by atomic mass is 9.74. The number of piperidine rings is 2. The molecule has 2 fully saturated rings. The highest BCUT2D eigenvalue weighted by Gasteiger charge is 2.52. The molecular weight excluding hydrogens is 456 g/mol. The van der Waals surface area contributed by atoms with Gasteiger partial charge in [0.05, 0.1) is 12.7 Å². The summed E-state index contributed by atoms with van der Waals surface area (Å²) in [6.45, 7) is 4.04. The molecule has 4 heterocycles. The molecule has 0 amide bonds. The number of esters is 2. The van der Waals surface area contributed by atoms with Crippen LogP contribution in [-0.4, -0.2) is 47.7 Å². The van der Waals surface area contributed by atoms with Crippen LogP contribution in [0.5, 0.6) is 5.75 Å². The Bertz CT molecular complexity index is 1310. The Morgan fingerprint density at radius 1 is 1.11 bits per heavy atom. The Morgan fingerprint density at radius 2 is 1.92 bits per heavy atom. The maximum absolute atomic E-state index is 13.6. The number of carbonyl (C=O) groups excluding carboxylic acids is 2. The van der Waals surface area contributed by atoms with E-state index >= 15 is 0 Å². The van der Waals surface area contributed by atoms with Crippen LogP contribution in [0.25, 0.3) is 10.9 Å². The third-order valence-electron chi connectivity index (χ3n) is 8.27. The van der Waals surface area contributed by atoms with E-state index in [-0.39, 0.29) is 5.72 Å². The molecule has 1 N–H and O–H groups in total. The van der Waals surface area contributed by atoms with Crippen LogP contribution in [0.1, 0.15) is 65.4 Å². The van der Waals surface area contributed by atoms with Crippen LogP contribution in [0.4, 0.5) is 0 Å². The van der Waals surface area contributed by atoms with E-state index in [4.69, 9.17) is 14.2 Å². The summed E-state index contributed by atoms with van der Waals surface area (Å²) in [6.07, 6.45) is 5.46. The van der Waals surface area contributed by atoms with Gasteiger partial charge in [-0.2, -0.15) is 0 Å². The van der Waals surface area contributed by atoms with Crippen molar-refractivity contribution in [2.45, 2.75) is 57.3 Å². The Labute approximate surface area is 210 Å². The summed E-state index contributed by atoms with van der Waals surface area (Å²) in [5, 5.41) is 0.842. The smallest absolute Gasteiger partial charge is 0.351 e. The maximum Gasteiger partial charge on any atom is 0.351 e. The molecule has 6 rings (SSSR count). The van der Waals surface area contributed by atoms with Crippen molar-refractivity contribution in [1.29, 1.82) is 0 Å². The van der Waals surface area contributed by atoms with Gasteiger partial charge in [0.2, 0.25) is 6.10 Å². The van der Waals surface area contributed by atoms with E-state index in [1.54, 1.807) is 24.3 Å². The van der Waals surface area contributed by atoms with E-state index in [1.807, 2.05) is 25.1 Å². The summed E-state index contributed by atoms with van der Waals surface area (Å²) in [5.41, 5.74) is 3.45. The van der Waals surface area contributed by atoms with Gasteiger partial charge in [0, 0.05) is 53.2 Å². The number of H-pyrrole nitrogens is 1. The Morgan fingerprint density at radius 3 is 2.72 bits per heavy atom. The van der Waals surface area contributed by atoms with E-state index in [2.05, 4.69) is 9.88 Å². The molecular formula is C29H32N2O5. The molecule has 188 valence electrons. The molecule has 7 nitrogen and oxygen atoms in total. The topological polar surface area (TPSA) is 80.9 Å². The summed E-state index contributed by atoms with van der Waals surface area (Å²) in [5.74, 6) is 0.0811. The van der Waals surface area contributed by atoms with Crippen molar-refractivity contribution >= 4 is 22.8 Å². The van der Waals surface area contributed by atoms with Crippen molar-refractivity contribution in [2.24, 2.45) is 5.92 Å². The molecule has 2 saturated heterocycles. The first-order chi connectivity index (χ1) is 17.5. The SMILES string of the molecule is COC(=O)[C@H](OC(=O)c1c(C)[nH]c2ccc3c(c12)CC1CCCN2CCCCC12O3)c1ccccc1. The van der Waals surface area contributed by atoms with Gasteiger partial charge in [-0.05, 0) is 51.2 Å². The van der Waals surface area contributed by atoms with Crippen molar-refractivity contribution in [1.82, 2.24) is 9.88 Å². The summed E-state index contributed by atoms with van der Waals surface area (Å²) >= 11 is 0. The lowest BCUT2D eigenvalue weighted by Gasteiger charge is -2.56. The minimum Gasteiger partial charge on any atom is -0.472 e. The van der Waals surface area contributed by atoms with Crippen molar-refractivity contribution in [3.05, 3.63) is 64.8 Å². The standard InChI is InChI=1S/C29H32N2O5/c1-18-24(27(32)35-26(28(33)34-2)19-9-4-3-5-10-19)25-21-17-20-11-8-16-31-15-7-6-14-29(20,31)36-23(21)13-12-22(25)30-18/h3-5,9-10,12-13,20,26,30H,6-8,11,14-17H2,1-2H3/t20?,26-,29?/m1/s1. The molecule has 1 spiro atoms. The molecule has 3 aliphatic rings. The number of carbonyl (C=O) groups is 2. The molecule has 0 aliphatic carbocycles. The average Bonchev–Trinajstić information content (AvgIpc) is 3.25. The van der Waals surface area contributed by atoms with Gasteiger partial charge < -0.3 is 19.2 Å². The molecule has 3 aliphatic heterocycles. The summed E-state index contributed by atoms with van der Waals surface area (Å²) in [4.78, 5) is 32.1. The number of aromatic nitrogens is 1. The predicted molar refractivity (Wildman–Crippen MR) is 135 cm³/mol. The first-order valence-corrected chi connectivity index (χ1v) is 12.9. The van der Waals surface area contributed by atoms with Gasteiger partial charge in [0.1, 0.15) is 5.75 Å². The summed E-state index contributed by atoms with van der Waals surface area (Å²) < 4.78 is 17.6. The van der Waals surface area contributed by atoms with E-state index in [0.717, 1.165) is 54.6 Å². The normalized spacial score (nSPS) is 24.1. The fraction of sp³-hybridized carbons (Fsp3) is 0.448. The predicted octanol–water partition coefficient (Wildman–Crippen LogP) is 5.07. The van der Waals surface area contributed by atoms with Crippen LogP contribution in [0.3, 0.4) is 0 Å². The van der Waals surface area contributed by atoms with Crippen LogP contribution in [0, 0.1) is 12.8 Å². The number of rotatable bonds is 4. The zero-order valence-corrected chi connectivity index (χ0v) is 20.8. The monoisotopic (exact) mass is 488 g/mol. The first kappa shape index (κ1) is 23.1. The minimum atomic E-state index is -1.14. The second-order valence-corrected chi connectivity index (χ2v) is 10.2. The average molecular weight is 489 g/mol. The summed E-state index contributed by atoms with van der Waals surface area (Å²) in [7, 11) is 1.30. The summed E-state index contributed by atoms with van der Waals surface area (Å²) in [6, 6.07) is 13.0. The van der Waals surface area contributed by atoms with Crippen LogP contribution >= 0.6 is 0 Å². The molecule has 0 bridgehead atoms. The number of aryl methyl sites for hydroxylation is 1. The van der Waals surface area contributed by atoms with Gasteiger partial charge >= 0.3 is 11.9 Å². The lowest BCUT2D eigenvalue weighted by molar-refractivity contribution is -0.177. The largest absolute Gasteiger partial charge is 0.472 e. The third-order valence-corrected chi connectivity index (χ3v) is 8.27. The Kier molecular flexibility index (Phi) is 5.75. The first-order valence-electron chi connectivity index (χ1n) is 12.9. The van der Waals surface area contributed by atoms with Crippen molar-refractivity contribution in [3.8, 4) is 5.75 Å². The number of aromatic amines is 1. The molecule has 7 heteroatoms. The number of methoxy groups -OCH3 is 1. The third kappa shape index (κ3) is 3.60. The number of benzene rings is 2. The molecule has 0 radical (unpaired) electrons. The van der Waals surface area contributed by atoms with Crippen molar-refractivity contribution in [2.75, 3.05) is 20.2 Å². The zero-order chi connectivity index (χ0) is 24.9. The number of ether oxygens (including phenoxy) is 3. The van der Waals surface area contributed by atoms with E-state index < -0.39 is 18.0 Å². The molecule has 2 unspecified atom stereocenters. The van der Waals surface area contributed by atoms with Gasteiger partial charge in [-0.3, -0.25) is 4.90 Å². The second-order valence-electron chi connectivity index (χ2n) is 10.2. The molecule has 0 saturated carbocycles. The highest BCUT2D eigenvalue weighted by Crippen LogP contribution is 2.50. The number of nitrogens with one attached hydrogen (secondary N) is 1. The Hall–Kier alpha value is -3.32. The number of fused-ring (bicyclic) bond motifs is 3. The van der Waals surface area contributed by atoms with E-state index in [9.17, 15) is 9.59 Å². The van der Waals surface area contributed by atoms with E-state index in [0.29, 0.717) is 22.7 Å². The van der Waals surface area contributed by atoms with Gasteiger partial charge in [0.25, 0.3) is 0 Å². The van der Waals surface area contributed by atoms with Gasteiger partial charge in [-0.15, -0.1) is 0 Å². The molecule has 3 atom stereocenters. The van der Waals surface area contributed by atoms with E-state index in [1.165, 1.54) is 26.4 Å². The van der Waals surface area contributed by atoms with Crippen molar-refractivity contribution in [3.63, 3.8) is 0 Å². The molecule has 2 aromatic carbocycles. The maximum atomic E-state index is 13.6. The highest BCUT2D eigenvalue weighted by atomic mass is 16.6. The lowest BCUT2D eigenvalue weighted by Crippen LogP contribution is -2.64. The molecule has 3 aromatic rings. The fourth-order valence-electron chi connectivity index (χ4n) is 6.62. The van der Waals surface area contributed by atoms with Gasteiger partial charge in [0.15, 0.2) is 5.72 Å². The van der Waals surface area contributed by atoms with Crippen LogP contribution < -0.4 is 4.74 Å². The zero-order valence-electron chi connectivity index (χ0n) is 20.8. The highest BCUT2D eigenvalue weighted by molar-refractivity contribution is 6.08. The van der Waals surface area contributed by atoms with Gasteiger partial charge in [-0.25, -0.2) is 9.59 Å².